The third-order valence-electron chi connectivity index (χ3n) is 4.68. The first-order chi connectivity index (χ1) is 15.7. The normalized spacial score (nSPS) is 15.2. The van der Waals surface area contributed by atoms with Gasteiger partial charge in [0.05, 0.1) is 21.6 Å². The van der Waals surface area contributed by atoms with E-state index in [1.54, 1.807) is 6.08 Å². The molecule has 10 heteroatoms. The smallest absolute Gasteiger partial charge is 0.273 e. The molecule has 8 nitrogen and oxygen atoms in total. The molecule has 2 aromatic carbocycles. The summed E-state index contributed by atoms with van der Waals surface area (Å²) in [6, 6.07) is 13.2. The highest BCUT2D eigenvalue weighted by Crippen LogP contribution is 2.32. The molecule has 0 radical (unpaired) electrons. The van der Waals surface area contributed by atoms with E-state index in [0.29, 0.717) is 15.6 Å². The SMILES string of the molecule is CC(=Cc1ccccc1)C=C1SC(=S)N(CCCC(=O)Nc2ccc([N+](=O)[O-])cc2O)C1=O. The quantitative estimate of drug-likeness (QED) is 0.181. The maximum Gasteiger partial charge on any atom is 0.273 e. The molecule has 1 fully saturated rings. The van der Waals surface area contributed by atoms with Gasteiger partial charge in [-0.15, -0.1) is 0 Å². The molecule has 2 N–H and O–H groups in total. The van der Waals surface area contributed by atoms with Crippen LogP contribution in [0.1, 0.15) is 25.3 Å². The van der Waals surface area contributed by atoms with E-state index in [4.69, 9.17) is 12.2 Å². The number of non-ortho nitro benzene ring substituents is 1. The number of rotatable bonds is 8. The summed E-state index contributed by atoms with van der Waals surface area (Å²) in [5, 5.41) is 23.1. The minimum atomic E-state index is -0.638. The monoisotopic (exact) mass is 483 g/mol. The van der Waals surface area contributed by atoms with Gasteiger partial charge in [-0.25, -0.2) is 0 Å². The Balaban J connectivity index is 1.54. The molecule has 3 rings (SSSR count). The number of phenolic OH excluding ortho intramolecular Hbond substituents is 1. The number of nitrogens with one attached hydrogen (secondary N) is 1. The van der Waals surface area contributed by atoms with Gasteiger partial charge in [0.2, 0.25) is 5.91 Å². The average molecular weight is 484 g/mol. The zero-order valence-corrected chi connectivity index (χ0v) is 19.3. The predicted octanol–water partition coefficient (Wildman–Crippen LogP) is 4.87. The minimum absolute atomic E-state index is 0.0828. The Morgan fingerprint density at radius 2 is 2.00 bits per heavy atom. The summed E-state index contributed by atoms with van der Waals surface area (Å²) in [5.41, 5.74) is 1.76. The molecule has 33 heavy (non-hydrogen) atoms. The molecule has 1 aliphatic heterocycles. The summed E-state index contributed by atoms with van der Waals surface area (Å²) in [5.74, 6) is -0.973. The van der Waals surface area contributed by atoms with Crippen molar-refractivity contribution in [3.05, 3.63) is 80.8 Å². The first-order valence-electron chi connectivity index (χ1n) is 10.0. The summed E-state index contributed by atoms with van der Waals surface area (Å²) < 4.78 is 0.437. The Kier molecular flexibility index (Phi) is 7.96. The zero-order valence-electron chi connectivity index (χ0n) is 17.7. The van der Waals surface area contributed by atoms with Crippen LogP contribution in [0.4, 0.5) is 11.4 Å². The fourth-order valence-corrected chi connectivity index (χ4v) is 4.46. The molecule has 2 amide bonds. The van der Waals surface area contributed by atoms with Gasteiger partial charge in [-0.2, -0.15) is 0 Å². The van der Waals surface area contributed by atoms with Crippen LogP contribution in [0.2, 0.25) is 0 Å². The molecule has 170 valence electrons. The second-order valence-electron chi connectivity index (χ2n) is 7.24. The summed E-state index contributed by atoms with van der Waals surface area (Å²) in [6.07, 6.45) is 4.22. The summed E-state index contributed by atoms with van der Waals surface area (Å²) in [6.45, 7) is 2.20. The van der Waals surface area contributed by atoms with Crippen molar-refractivity contribution in [1.29, 1.82) is 0 Å². The molecule has 1 aliphatic rings. The summed E-state index contributed by atoms with van der Waals surface area (Å²) in [7, 11) is 0. The highest BCUT2D eigenvalue weighted by Gasteiger charge is 2.31. The fraction of sp³-hybridized carbons (Fsp3) is 0.174. The lowest BCUT2D eigenvalue weighted by Gasteiger charge is -2.14. The van der Waals surface area contributed by atoms with E-state index >= 15 is 0 Å². The predicted molar refractivity (Wildman–Crippen MR) is 133 cm³/mol. The number of phenols is 1. The maximum absolute atomic E-state index is 12.7. The molecule has 0 bridgehead atoms. The summed E-state index contributed by atoms with van der Waals surface area (Å²) in [4.78, 5) is 37.0. The Bertz CT molecular complexity index is 1160. The highest BCUT2D eigenvalue weighted by molar-refractivity contribution is 8.26. The molecule has 2 aromatic rings. The first kappa shape index (κ1) is 24.1. The van der Waals surface area contributed by atoms with Crippen molar-refractivity contribution >= 4 is 57.6 Å². The lowest BCUT2D eigenvalue weighted by molar-refractivity contribution is -0.384. The van der Waals surface area contributed by atoms with E-state index in [2.05, 4.69) is 5.32 Å². The van der Waals surface area contributed by atoms with Gasteiger partial charge >= 0.3 is 0 Å². The molecule has 0 unspecified atom stereocenters. The number of aromatic hydroxyl groups is 1. The number of nitro groups is 1. The van der Waals surface area contributed by atoms with Gasteiger partial charge in [0.25, 0.3) is 11.6 Å². The number of amides is 2. The highest BCUT2D eigenvalue weighted by atomic mass is 32.2. The van der Waals surface area contributed by atoms with Gasteiger partial charge in [0.15, 0.2) is 0 Å². The number of nitro benzene ring substituents is 1. The number of hydrogen-bond donors (Lipinski definition) is 2. The van der Waals surface area contributed by atoms with E-state index < -0.39 is 10.7 Å². The zero-order chi connectivity index (χ0) is 24.0. The van der Waals surface area contributed by atoms with Crippen molar-refractivity contribution < 1.29 is 19.6 Å². The van der Waals surface area contributed by atoms with Crippen molar-refractivity contribution in [2.24, 2.45) is 0 Å². The number of benzene rings is 2. The second kappa shape index (κ2) is 10.9. The lowest BCUT2D eigenvalue weighted by atomic mass is 10.1. The van der Waals surface area contributed by atoms with Gasteiger partial charge in [0, 0.05) is 19.0 Å². The van der Waals surface area contributed by atoms with Crippen molar-refractivity contribution in [3.63, 3.8) is 0 Å². The van der Waals surface area contributed by atoms with Crippen LogP contribution in [-0.4, -0.2) is 37.6 Å². The van der Waals surface area contributed by atoms with Gasteiger partial charge < -0.3 is 10.4 Å². The fourth-order valence-electron chi connectivity index (χ4n) is 3.10. The number of carbonyl (C=O) groups is 2. The van der Waals surface area contributed by atoms with Crippen LogP contribution in [0.25, 0.3) is 6.08 Å². The third kappa shape index (κ3) is 6.50. The van der Waals surface area contributed by atoms with E-state index in [1.165, 1.54) is 28.8 Å². The number of thiocarbonyl (C=S) groups is 1. The average Bonchev–Trinajstić information content (AvgIpc) is 3.03. The number of thioether (sulfide) groups is 1. The van der Waals surface area contributed by atoms with Crippen molar-refractivity contribution in [1.82, 2.24) is 4.90 Å². The van der Waals surface area contributed by atoms with Gasteiger partial charge in [-0.3, -0.25) is 24.6 Å². The Labute approximate surface area is 200 Å². The lowest BCUT2D eigenvalue weighted by Crippen LogP contribution is -2.29. The molecule has 1 saturated heterocycles. The Hall–Kier alpha value is -3.50. The van der Waals surface area contributed by atoms with Crippen LogP contribution in [0.15, 0.2) is 65.1 Å². The molecular formula is C23H21N3O5S2. The van der Waals surface area contributed by atoms with Crippen LogP contribution in [0.5, 0.6) is 5.75 Å². The summed E-state index contributed by atoms with van der Waals surface area (Å²) >= 11 is 6.56. The van der Waals surface area contributed by atoms with Crippen molar-refractivity contribution in [2.45, 2.75) is 19.8 Å². The Morgan fingerprint density at radius 1 is 1.27 bits per heavy atom. The molecular weight excluding hydrogens is 462 g/mol. The van der Waals surface area contributed by atoms with Crippen LogP contribution in [-0.2, 0) is 9.59 Å². The van der Waals surface area contributed by atoms with Gasteiger partial charge in [-0.1, -0.05) is 60.4 Å². The molecule has 0 spiro atoms. The number of nitrogens with zero attached hydrogens (tertiary/aromatic N) is 2. The van der Waals surface area contributed by atoms with E-state index in [9.17, 15) is 24.8 Å². The van der Waals surface area contributed by atoms with Gasteiger partial charge in [0.1, 0.15) is 10.1 Å². The number of hydrogen-bond acceptors (Lipinski definition) is 7. The van der Waals surface area contributed by atoms with Crippen LogP contribution in [0, 0.1) is 10.1 Å². The van der Waals surface area contributed by atoms with Crippen molar-refractivity contribution in [3.8, 4) is 5.75 Å². The maximum atomic E-state index is 12.7. The number of carbonyl (C=O) groups excluding carboxylic acids is 2. The Morgan fingerprint density at radius 3 is 2.67 bits per heavy atom. The topological polar surface area (TPSA) is 113 Å². The molecule has 0 saturated carbocycles. The van der Waals surface area contributed by atoms with E-state index in [1.807, 2.05) is 43.3 Å². The number of allylic oxidation sites excluding steroid dienone is 2. The van der Waals surface area contributed by atoms with Crippen LogP contribution < -0.4 is 5.32 Å². The third-order valence-corrected chi connectivity index (χ3v) is 6.06. The molecule has 1 heterocycles. The first-order valence-corrected chi connectivity index (χ1v) is 11.2. The van der Waals surface area contributed by atoms with Crippen LogP contribution >= 0.6 is 24.0 Å². The largest absolute Gasteiger partial charge is 0.506 e. The standard InChI is InChI=1S/C23H21N3O5S2/c1-15(12-16-6-3-2-4-7-16)13-20-22(29)25(23(32)33-20)11-5-8-21(28)24-18-10-9-17(26(30)31)14-19(18)27/h2-4,6-7,9-10,12-14,27H,5,8,11H2,1H3,(H,24,28). The molecule has 0 atom stereocenters. The van der Waals surface area contributed by atoms with Crippen LogP contribution in [0.3, 0.4) is 0 Å². The number of anilines is 1. The van der Waals surface area contributed by atoms with Crippen molar-refractivity contribution in [2.75, 3.05) is 11.9 Å². The molecule has 0 aliphatic carbocycles. The molecule has 0 aromatic heterocycles. The van der Waals surface area contributed by atoms with E-state index in [0.717, 1.165) is 17.2 Å². The minimum Gasteiger partial charge on any atom is -0.506 e. The van der Waals surface area contributed by atoms with Gasteiger partial charge in [-0.05, 0) is 36.6 Å². The second-order valence-corrected chi connectivity index (χ2v) is 8.92. The van der Waals surface area contributed by atoms with E-state index in [-0.39, 0.29) is 36.2 Å².